The molecule has 1 atom stereocenters. The number of aromatic carboxylic acids is 1. The summed E-state index contributed by atoms with van der Waals surface area (Å²) in [4.78, 5) is 11.6. The van der Waals surface area contributed by atoms with Gasteiger partial charge in [0.15, 0.2) is 0 Å². The summed E-state index contributed by atoms with van der Waals surface area (Å²) in [6.07, 6.45) is 1.20. The molecule has 3 nitrogen and oxygen atoms in total. The van der Waals surface area contributed by atoms with Crippen LogP contribution in [0, 0.1) is 11.7 Å². The Morgan fingerprint density at radius 2 is 2.33 bits per heavy atom. The summed E-state index contributed by atoms with van der Waals surface area (Å²) in [5, 5.41) is 13.1. The smallest absolute Gasteiger partial charge is 0.346 e. The lowest BCUT2D eigenvalue weighted by atomic mass is 10.1. The number of benzene rings is 1. The third-order valence-electron chi connectivity index (χ3n) is 3.72. The molecule has 6 heteroatoms. The Labute approximate surface area is 130 Å². The maximum Gasteiger partial charge on any atom is 0.346 e. The van der Waals surface area contributed by atoms with Gasteiger partial charge in [-0.25, -0.2) is 9.18 Å². The fourth-order valence-electron chi connectivity index (χ4n) is 2.65. The van der Waals surface area contributed by atoms with E-state index in [2.05, 4.69) is 5.32 Å². The molecule has 1 aromatic heterocycles. The van der Waals surface area contributed by atoms with Gasteiger partial charge in [-0.3, -0.25) is 0 Å². The molecular weight excluding hydrogens is 309 g/mol. The first kappa shape index (κ1) is 14.8. The van der Waals surface area contributed by atoms with Crippen molar-refractivity contribution >= 4 is 39.2 Å². The number of thioether (sulfide) groups is 1. The van der Waals surface area contributed by atoms with Gasteiger partial charge in [0.1, 0.15) is 10.7 Å². The Bertz CT molecular complexity index is 665. The highest BCUT2D eigenvalue weighted by molar-refractivity contribution is 7.99. The lowest BCUT2D eigenvalue weighted by Crippen LogP contribution is -2.23. The second-order valence-electron chi connectivity index (χ2n) is 5.19. The van der Waals surface area contributed by atoms with Crippen molar-refractivity contribution in [1.29, 1.82) is 0 Å². The summed E-state index contributed by atoms with van der Waals surface area (Å²) in [6, 6.07) is 4.77. The number of carbonyl (C=O) groups is 1. The predicted molar refractivity (Wildman–Crippen MR) is 85.9 cm³/mol. The van der Waals surface area contributed by atoms with E-state index in [1.54, 1.807) is 12.1 Å². The molecule has 1 unspecified atom stereocenters. The molecule has 1 fully saturated rings. The van der Waals surface area contributed by atoms with Crippen molar-refractivity contribution in [3.05, 3.63) is 34.5 Å². The van der Waals surface area contributed by atoms with E-state index < -0.39 is 5.97 Å². The van der Waals surface area contributed by atoms with Crippen molar-refractivity contribution in [1.82, 2.24) is 5.32 Å². The first-order valence-corrected chi connectivity index (χ1v) is 8.85. The molecule has 2 N–H and O–H groups in total. The van der Waals surface area contributed by atoms with Crippen LogP contribution in [0.15, 0.2) is 18.2 Å². The number of rotatable bonds is 5. The third kappa shape index (κ3) is 3.07. The van der Waals surface area contributed by atoms with E-state index in [-0.39, 0.29) is 10.7 Å². The standard InChI is InChI=1S/C15H16FNO2S2/c16-11-2-1-3-12-13(11)10(14(21-12)15(18)19)7-17-6-9-4-5-20-8-9/h1-3,9,17H,4-8H2,(H,18,19). The SMILES string of the molecule is O=C(O)c1sc2cccc(F)c2c1CNCC1CCSC1. The number of halogens is 1. The summed E-state index contributed by atoms with van der Waals surface area (Å²) in [6.45, 7) is 1.27. The van der Waals surface area contributed by atoms with Crippen LogP contribution in [0.1, 0.15) is 21.7 Å². The maximum atomic E-state index is 14.0. The minimum absolute atomic E-state index is 0.239. The Kier molecular flexibility index (Phi) is 4.47. The van der Waals surface area contributed by atoms with Gasteiger partial charge < -0.3 is 10.4 Å². The molecule has 0 radical (unpaired) electrons. The van der Waals surface area contributed by atoms with Crippen LogP contribution in [0.3, 0.4) is 0 Å². The van der Waals surface area contributed by atoms with Crippen LogP contribution in [-0.2, 0) is 6.54 Å². The lowest BCUT2D eigenvalue weighted by Gasteiger charge is -2.10. The molecule has 0 amide bonds. The Morgan fingerprint density at radius 1 is 1.48 bits per heavy atom. The molecule has 1 saturated heterocycles. The van der Waals surface area contributed by atoms with E-state index in [1.807, 2.05) is 11.8 Å². The van der Waals surface area contributed by atoms with Crippen molar-refractivity contribution in [3.8, 4) is 0 Å². The normalized spacial score (nSPS) is 18.4. The largest absolute Gasteiger partial charge is 0.477 e. The van der Waals surface area contributed by atoms with Gasteiger partial charge in [-0.05, 0) is 42.5 Å². The predicted octanol–water partition coefficient (Wildman–Crippen LogP) is 3.58. The average molecular weight is 325 g/mol. The fraction of sp³-hybridized carbons (Fsp3) is 0.400. The summed E-state index contributed by atoms with van der Waals surface area (Å²) >= 11 is 3.10. The number of carboxylic acids is 1. The Hall–Kier alpha value is -1.11. The minimum Gasteiger partial charge on any atom is -0.477 e. The molecule has 1 aromatic carbocycles. The van der Waals surface area contributed by atoms with Crippen LogP contribution in [-0.4, -0.2) is 29.1 Å². The number of hydrogen-bond donors (Lipinski definition) is 2. The van der Waals surface area contributed by atoms with E-state index in [9.17, 15) is 14.3 Å². The number of carboxylic acid groups (broad SMARTS) is 1. The summed E-state index contributed by atoms with van der Waals surface area (Å²) in [7, 11) is 0. The van der Waals surface area contributed by atoms with E-state index in [0.717, 1.165) is 23.6 Å². The van der Waals surface area contributed by atoms with Gasteiger partial charge in [0.05, 0.1) is 0 Å². The van der Waals surface area contributed by atoms with Crippen molar-refractivity contribution in [2.45, 2.75) is 13.0 Å². The lowest BCUT2D eigenvalue weighted by molar-refractivity contribution is 0.0701. The molecule has 3 rings (SSSR count). The molecule has 112 valence electrons. The highest BCUT2D eigenvalue weighted by Gasteiger charge is 2.21. The number of fused-ring (bicyclic) bond motifs is 1. The average Bonchev–Trinajstić information content (AvgIpc) is 3.07. The molecule has 0 spiro atoms. The van der Waals surface area contributed by atoms with Crippen LogP contribution < -0.4 is 5.32 Å². The van der Waals surface area contributed by atoms with E-state index in [4.69, 9.17) is 0 Å². The van der Waals surface area contributed by atoms with Gasteiger partial charge in [0, 0.05) is 22.2 Å². The van der Waals surface area contributed by atoms with Gasteiger partial charge in [-0.1, -0.05) is 6.07 Å². The summed E-state index contributed by atoms with van der Waals surface area (Å²) in [5.74, 6) is 1.66. The molecule has 2 heterocycles. The second-order valence-corrected chi connectivity index (χ2v) is 7.39. The maximum absolute atomic E-state index is 14.0. The van der Waals surface area contributed by atoms with Gasteiger partial charge in [-0.15, -0.1) is 11.3 Å². The third-order valence-corrected chi connectivity index (χ3v) is 6.13. The van der Waals surface area contributed by atoms with E-state index in [0.29, 0.717) is 28.1 Å². The molecule has 2 aromatic rings. The van der Waals surface area contributed by atoms with Crippen molar-refractivity contribution < 1.29 is 14.3 Å². The van der Waals surface area contributed by atoms with Gasteiger partial charge >= 0.3 is 5.97 Å². The van der Waals surface area contributed by atoms with Crippen molar-refractivity contribution in [2.75, 3.05) is 18.1 Å². The van der Waals surface area contributed by atoms with E-state index in [1.165, 1.54) is 18.2 Å². The zero-order valence-corrected chi connectivity index (χ0v) is 13.0. The molecule has 0 bridgehead atoms. The molecule has 0 aliphatic carbocycles. The molecular formula is C15H16FNO2S2. The van der Waals surface area contributed by atoms with Gasteiger partial charge in [-0.2, -0.15) is 11.8 Å². The molecule has 21 heavy (non-hydrogen) atoms. The molecule has 1 aliphatic heterocycles. The van der Waals surface area contributed by atoms with Crippen LogP contribution in [0.2, 0.25) is 0 Å². The molecule has 0 saturated carbocycles. The highest BCUT2D eigenvalue weighted by atomic mass is 32.2. The van der Waals surface area contributed by atoms with Crippen LogP contribution >= 0.6 is 23.1 Å². The second kappa shape index (κ2) is 6.34. The number of thiophene rings is 1. The van der Waals surface area contributed by atoms with Crippen LogP contribution in [0.4, 0.5) is 4.39 Å². The zero-order chi connectivity index (χ0) is 14.8. The first-order chi connectivity index (χ1) is 10.2. The molecule has 1 aliphatic rings. The topological polar surface area (TPSA) is 49.3 Å². The quantitative estimate of drug-likeness (QED) is 0.882. The zero-order valence-electron chi connectivity index (χ0n) is 11.4. The van der Waals surface area contributed by atoms with Crippen LogP contribution in [0.5, 0.6) is 0 Å². The summed E-state index contributed by atoms with van der Waals surface area (Å²) in [5.41, 5.74) is 0.575. The van der Waals surface area contributed by atoms with Crippen LogP contribution in [0.25, 0.3) is 10.1 Å². The number of hydrogen-bond acceptors (Lipinski definition) is 4. The Balaban J connectivity index is 1.84. The van der Waals surface area contributed by atoms with E-state index >= 15 is 0 Å². The van der Waals surface area contributed by atoms with Crippen molar-refractivity contribution in [3.63, 3.8) is 0 Å². The first-order valence-electron chi connectivity index (χ1n) is 6.88. The fourth-order valence-corrected chi connectivity index (χ4v) is 5.01. The summed E-state index contributed by atoms with van der Waals surface area (Å²) < 4.78 is 14.7. The van der Waals surface area contributed by atoms with Gasteiger partial charge in [0.25, 0.3) is 0 Å². The highest BCUT2D eigenvalue weighted by Crippen LogP contribution is 2.33. The van der Waals surface area contributed by atoms with Crippen molar-refractivity contribution in [2.24, 2.45) is 5.92 Å². The minimum atomic E-state index is -0.983. The number of nitrogens with one attached hydrogen (secondary N) is 1. The Morgan fingerprint density at radius 3 is 3.05 bits per heavy atom. The van der Waals surface area contributed by atoms with Gasteiger partial charge in [0.2, 0.25) is 0 Å². The monoisotopic (exact) mass is 325 g/mol.